The molecule has 0 saturated carbocycles. The summed E-state index contributed by atoms with van der Waals surface area (Å²) in [4.78, 5) is 37.8. The standard InChI is InChI=1S/C55H86O6/c1-4-7-10-13-16-19-21-23-25-26-27-28-30-31-33-36-39-42-45-48-54(57)60-51-52(50-59-53(56)47-44-41-38-35-18-15-12-9-6-3)61-55(58)49-46-43-40-37-34-32-29-24-22-20-17-14-11-8-5-2/h7,9-10,12-13,16,18-23,25-28,30-31,33,35,52H,4-6,8,11,14-15,17,24,29,32,34,36-51H2,1-3H3/b10-7-,12-9-,16-13-,21-19-,22-20-,25-23-,27-26+,30-28-,33-31-,35-18-. The van der Waals surface area contributed by atoms with Gasteiger partial charge >= 0.3 is 17.9 Å². The van der Waals surface area contributed by atoms with Crippen molar-refractivity contribution in [2.75, 3.05) is 13.2 Å². The van der Waals surface area contributed by atoms with Gasteiger partial charge in [0, 0.05) is 19.3 Å². The Morgan fingerprint density at radius 1 is 0.361 bits per heavy atom. The number of ether oxygens (including phenoxy) is 3. The van der Waals surface area contributed by atoms with Crippen molar-refractivity contribution in [1.82, 2.24) is 0 Å². The summed E-state index contributed by atoms with van der Waals surface area (Å²) in [6.45, 7) is 6.25. The zero-order chi connectivity index (χ0) is 44.4. The molecule has 0 aliphatic rings. The summed E-state index contributed by atoms with van der Waals surface area (Å²) in [5.41, 5.74) is 0. The molecule has 1 atom stereocenters. The molecule has 0 aliphatic heterocycles. The summed E-state index contributed by atoms with van der Waals surface area (Å²) in [6, 6.07) is 0. The van der Waals surface area contributed by atoms with Crippen LogP contribution in [0, 0.1) is 0 Å². The molecular weight excluding hydrogens is 757 g/mol. The molecule has 0 aliphatic carbocycles. The minimum Gasteiger partial charge on any atom is -0.462 e. The molecule has 0 bridgehead atoms. The summed E-state index contributed by atoms with van der Waals surface area (Å²) >= 11 is 0. The summed E-state index contributed by atoms with van der Waals surface area (Å²) in [5.74, 6) is -1.01. The van der Waals surface area contributed by atoms with Gasteiger partial charge in [-0.3, -0.25) is 14.4 Å². The maximum Gasteiger partial charge on any atom is 0.306 e. The van der Waals surface area contributed by atoms with Gasteiger partial charge in [-0.1, -0.05) is 200 Å². The molecule has 0 heterocycles. The van der Waals surface area contributed by atoms with E-state index in [2.05, 4.69) is 69.4 Å². The van der Waals surface area contributed by atoms with E-state index in [1.807, 2.05) is 72.9 Å². The van der Waals surface area contributed by atoms with E-state index in [4.69, 9.17) is 14.2 Å². The molecular formula is C55H86O6. The first-order valence-electron chi connectivity index (χ1n) is 24.1. The van der Waals surface area contributed by atoms with E-state index in [1.165, 1.54) is 64.2 Å². The fourth-order valence-corrected chi connectivity index (χ4v) is 6.04. The van der Waals surface area contributed by atoms with Crippen molar-refractivity contribution >= 4 is 17.9 Å². The molecule has 0 rings (SSSR count). The lowest BCUT2D eigenvalue weighted by Crippen LogP contribution is -2.30. The topological polar surface area (TPSA) is 78.9 Å². The molecule has 1 unspecified atom stereocenters. The second-order valence-electron chi connectivity index (χ2n) is 15.4. The van der Waals surface area contributed by atoms with Crippen molar-refractivity contribution in [3.05, 3.63) is 122 Å². The summed E-state index contributed by atoms with van der Waals surface area (Å²) in [5, 5.41) is 0. The quantitative estimate of drug-likeness (QED) is 0.0201. The maximum atomic E-state index is 12.8. The zero-order valence-corrected chi connectivity index (χ0v) is 38.9. The van der Waals surface area contributed by atoms with Gasteiger partial charge < -0.3 is 14.2 Å². The third-order valence-corrected chi connectivity index (χ3v) is 9.63. The molecule has 6 heteroatoms. The summed E-state index contributed by atoms with van der Waals surface area (Å²) in [6.07, 6.45) is 66.1. The molecule has 0 N–H and O–H groups in total. The van der Waals surface area contributed by atoms with E-state index >= 15 is 0 Å². The largest absolute Gasteiger partial charge is 0.462 e. The average Bonchev–Trinajstić information content (AvgIpc) is 3.26. The Labute approximate surface area is 373 Å². The molecule has 0 spiro atoms. The van der Waals surface area contributed by atoms with Gasteiger partial charge in [0.05, 0.1) is 0 Å². The number of esters is 3. The van der Waals surface area contributed by atoms with Crippen LogP contribution >= 0.6 is 0 Å². The SMILES string of the molecule is CC\C=C/C=C\C=C/C=C\C=C\C=C/C=C\CCCCCC(=O)OCC(COC(=O)CCCC/C=C\C/C=C\CC)OC(=O)CCCCCCCCC/C=C\CCCCCC. The highest BCUT2D eigenvalue weighted by Crippen LogP contribution is 2.13. The molecule has 61 heavy (non-hydrogen) atoms. The van der Waals surface area contributed by atoms with Crippen LogP contribution in [-0.4, -0.2) is 37.2 Å². The first-order chi connectivity index (χ1) is 30.0. The molecule has 342 valence electrons. The fraction of sp³-hybridized carbons (Fsp3) is 0.582. The van der Waals surface area contributed by atoms with Crippen molar-refractivity contribution in [2.45, 2.75) is 194 Å². The number of carbonyl (C=O) groups is 3. The minimum absolute atomic E-state index is 0.116. The molecule has 0 radical (unpaired) electrons. The van der Waals surface area contributed by atoms with Crippen LogP contribution in [0.4, 0.5) is 0 Å². The molecule has 0 amide bonds. The molecule has 0 aromatic rings. The second-order valence-corrected chi connectivity index (χ2v) is 15.4. The van der Waals surface area contributed by atoms with Crippen molar-refractivity contribution < 1.29 is 28.6 Å². The number of carbonyl (C=O) groups excluding carboxylic acids is 3. The first-order valence-corrected chi connectivity index (χ1v) is 24.1. The van der Waals surface area contributed by atoms with Crippen LogP contribution in [0.5, 0.6) is 0 Å². The lowest BCUT2D eigenvalue weighted by Gasteiger charge is -2.18. The van der Waals surface area contributed by atoms with Gasteiger partial charge in [0.25, 0.3) is 0 Å². The van der Waals surface area contributed by atoms with Crippen molar-refractivity contribution in [2.24, 2.45) is 0 Å². The Hall–Kier alpha value is -4.19. The fourth-order valence-electron chi connectivity index (χ4n) is 6.04. The number of unbranched alkanes of at least 4 members (excludes halogenated alkanes) is 16. The summed E-state index contributed by atoms with van der Waals surface area (Å²) < 4.78 is 16.7. The van der Waals surface area contributed by atoms with Gasteiger partial charge in [0.15, 0.2) is 6.10 Å². The molecule has 0 saturated heterocycles. The maximum absolute atomic E-state index is 12.8. The predicted octanol–water partition coefficient (Wildman–Crippen LogP) is 15.7. The number of hydrogen-bond donors (Lipinski definition) is 0. The highest BCUT2D eigenvalue weighted by Gasteiger charge is 2.19. The zero-order valence-electron chi connectivity index (χ0n) is 38.9. The van der Waals surface area contributed by atoms with Crippen LogP contribution < -0.4 is 0 Å². The van der Waals surface area contributed by atoms with E-state index in [-0.39, 0.29) is 31.1 Å². The van der Waals surface area contributed by atoms with Gasteiger partial charge in [-0.15, -0.1) is 0 Å². The van der Waals surface area contributed by atoms with Crippen LogP contribution in [0.1, 0.15) is 188 Å². The van der Waals surface area contributed by atoms with Crippen molar-refractivity contribution in [1.29, 1.82) is 0 Å². The van der Waals surface area contributed by atoms with E-state index < -0.39 is 6.10 Å². The van der Waals surface area contributed by atoms with Crippen LogP contribution in [0.25, 0.3) is 0 Å². The normalized spacial score (nSPS) is 13.2. The van der Waals surface area contributed by atoms with Crippen LogP contribution in [0.3, 0.4) is 0 Å². The molecule has 0 fully saturated rings. The lowest BCUT2D eigenvalue weighted by atomic mass is 10.1. The highest BCUT2D eigenvalue weighted by molar-refractivity contribution is 5.71. The van der Waals surface area contributed by atoms with E-state index in [1.54, 1.807) is 0 Å². The third-order valence-electron chi connectivity index (χ3n) is 9.63. The Morgan fingerprint density at radius 3 is 1.25 bits per heavy atom. The minimum atomic E-state index is -0.814. The van der Waals surface area contributed by atoms with Gasteiger partial charge in [-0.05, 0) is 89.9 Å². The molecule has 0 aromatic heterocycles. The molecule has 6 nitrogen and oxygen atoms in total. The van der Waals surface area contributed by atoms with Gasteiger partial charge in [-0.2, -0.15) is 0 Å². The van der Waals surface area contributed by atoms with E-state index in [9.17, 15) is 14.4 Å². The summed E-state index contributed by atoms with van der Waals surface area (Å²) in [7, 11) is 0. The smallest absolute Gasteiger partial charge is 0.306 e. The Balaban J connectivity index is 4.50. The second kappa shape index (κ2) is 48.5. The third kappa shape index (κ3) is 46.7. The monoisotopic (exact) mass is 843 g/mol. The van der Waals surface area contributed by atoms with Gasteiger partial charge in [0.1, 0.15) is 13.2 Å². The predicted molar refractivity (Wildman–Crippen MR) is 260 cm³/mol. The van der Waals surface area contributed by atoms with Crippen molar-refractivity contribution in [3.8, 4) is 0 Å². The van der Waals surface area contributed by atoms with Crippen molar-refractivity contribution in [3.63, 3.8) is 0 Å². The average molecular weight is 843 g/mol. The lowest BCUT2D eigenvalue weighted by molar-refractivity contribution is -0.167. The van der Waals surface area contributed by atoms with E-state index in [0.717, 1.165) is 83.5 Å². The molecule has 0 aromatic carbocycles. The van der Waals surface area contributed by atoms with E-state index in [0.29, 0.717) is 19.3 Å². The first kappa shape index (κ1) is 56.8. The number of hydrogen-bond acceptors (Lipinski definition) is 6. The Kier molecular flexibility index (Phi) is 45.1. The highest BCUT2D eigenvalue weighted by atomic mass is 16.6. The number of rotatable bonds is 41. The van der Waals surface area contributed by atoms with Crippen LogP contribution in [-0.2, 0) is 28.6 Å². The van der Waals surface area contributed by atoms with Gasteiger partial charge in [0.2, 0.25) is 0 Å². The van der Waals surface area contributed by atoms with Crippen LogP contribution in [0.15, 0.2) is 122 Å². The Bertz CT molecular complexity index is 1340. The number of allylic oxidation sites excluding steroid dienone is 20. The Morgan fingerprint density at radius 2 is 0.721 bits per heavy atom. The van der Waals surface area contributed by atoms with Crippen LogP contribution in [0.2, 0.25) is 0 Å². The van der Waals surface area contributed by atoms with Gasteiger partial charge in [-0.25, -0.2) is 0 Å².